The maximum atomic E-state index is 11.6. The molecule has 0 spiro atoms. The van der Waals surface area contributed by atoms with Gasteiger partial charge in [0.25, 0.3) is 0 Å². The van der Waals surface area contributed by atoms with Crippen molar-refractivity contribution in [1.82, 2.24) is 0 Å². The van der Waals surface area contributed by atoms with Gasteiger partial charge < -0.3 is 9.47 Å². The fourth-order valence-corrected chi connectivity index (χ4v) is 1.80. The average molecular weight is 374 g/mol. The van der Waals surface area contributed by atoms with E-state index in [2.05, 4.69) is 32.0 Å². The zero-order valence-electron chi connectivity index (χ0n) is 8.57. The molecule has 0 aromatic rings. The largest absolute Gasteiger partial charge is 0.395 e. The summed E-state index contributed by atoms with van der Waals surface area (Å²) >= 11 is 2.18. The zero-order valence-corrected chi connectivity index (χ0v) is 11.6. The summed E-state index contributed by atoms with van der Waals surface area (Å²) in [6.45, 7) is 1.71. The number of rotatable bonds is 11. The van der Waals surface area contributed by atoms with E-state index >= 15 is 0 Å². The van der Waals surface area contributed by atoms with E-state index in [0.29, 0.717) is 19.8 Å². The topological polar surface area (TPSA) is 54.0 Å². The van der Waals surface area contributed by atoms with Crippen LogP contribution < -0.4 is 0 Å². The van der Waals surface area contributed by atoms with Crippen LogP contribution >= 0.6 is 30.2 Å². The molecule has 0 heterocycles. The van der Waals surface area contributed by atoms with E-state index in [0.717, 1.165) is 4.43 Å². The molecule has 16 heavy (non-hydrogen) atoms. The second-order valence-electron chi connectivity index (χ2n) is 2.74. The Balaban J connectivity index is 3.29. The molecule has 0 rings (SSSR count). The first kappa shape index (κ1) is 16.7. The van der Waals surface area contributed by atoms with E-state index in [1.54, 1.807) is 0 Å². The molecule has 0 amide bonds. The van der Waals surface area contributed by atoms with Gasteiger partial charge in [0.15, 0.2) is 0 Å². The van der Waals surface area contributed by atoms with Crippen LogP contribution in [-0.2, 0) is 23.5 Å². The zero-order chi connectivity index (χ0) is 12.3. The molecule has 0 aliphatic carbocycles. The predicted octanol–water partition coefficient (Wildman–Crippen LogP) is 2.84. The van der Waals surface area contributed by atoms with Crippen molar-refractivity contribution in [1.29, 1.82) is 0 Å². The van der Waals surface area contributed by atoms with Crippen molar-refractivity contribution in [3.05, 3.63) is 0 Å². The SMILES string of the molecule is O=P(CCCOCCOCCI)(OF)OF. The normalized spacial score (nSPS) is 11.9. The lowest BCUT2D eigenvalue weighted by Crippen LogP contribution is -2.07. The minimum absolute atomic E-state index is 0.178. The van der Waals surface area contributed by atoms with Crippen molar-refractivity contribution in [2.75, 3.05) is 37.0 Å². The summed E-state index contributed by atoms with van der Waals surface area (Å²) in [5.41, 5.74) is 0. The third kappa shape index (κ3) is 8.77. The van der Waals surface area contributed by atoms with Gasteiger partial charge in [0.2, 0.25) is 0 Å². The van der Waals surface area contributed by atoms with Gasteiger partial charge in [0.05, 0.1) is 26.0 Å². The lowest BCUT2D eigenvalue weighted by molar-refractivity contribution is -0.0878. The fraction of sp³-hybridized carbons (Fsp3) is 1.00. The number of hydrogen-bond acceptors (Lipinski definition) is 5. The molecular formula is C7H14F2IO5P. The molecule has 0 unspecified atom stereocenters. The van der Waals surface area contributed by atoms with Crippen LogP contribution in [0.5, 0.6) is 0 Å². The Morgan fingerprint density at radius 1 is 1.00 bits per heavy atom. The monoisotopic (exact) mass is 374 g/mol. The molecule has 0 aliphatic rings. The Morgan fingerprint density at radius 3 is 2.06 bits per heavy atom. The highest BCUT2D eigenvalue weighted by Gasteiger charge is 2.26. The predicted molar refractivity (Wildman–Crippen MR) is 62.0 cm³/mol. The van der Waals surface area contributed by atoms with Gasteiger partial charge in [-0.2, -0.15) is 0 Å². The minimum atomic E-state index is -4.19. The lowest BCUT2D eigenvalue weighted by atomic mass is 10.5. The van der Waals surface area contributed by atoms with Crippen LogP contribution in [0, 0.1) is 0 Å². The summed E-state index contributed by atoms with van der Waals surface area (Å²) in [6, 6.07) is 0. The number of hydrogen-bond donors (Lipinski definition) is 0. The summed E-state index contributed by atoms with van der Waals surface area (Å²) in [5, 5.41) is 0. The third-order valence-corrected chi connectivity index (χ3v) is 3.25. The van der Waals surface area contributed by atoms with E-state index in [1.165, 1.54) is 0 Å². The second-order valence-corrected chi connectivity index (χ2v) is 5.76. The van der Waals surface area contributed by atoms with Crippen molar-refractivity contribution in [3.8, 4) is 0 Å². The van der Waals surface area contributed by atoms with Gasteiger partial charge >= 0.3 is 7.60 Å². The van der Waals surface area contributed by atoms with Gasteiger partial charge in [-0.25, -0.2) is 0 Å². The average Bonchev–Trinajstić information content (AvgIpc) is 2.32. The molecule has 0 saturated heterocycles. The third-order valence-electron chi connectivity index (χ3n) is 1.52. The Hall–Kier alpha value is 0.660. The molecule has 0 atom stereocenters. The van der Waals surface area contributed by atoms with E-state index in [1.807, 2.05) is 0 Å². The van der Waals surface area contributed by atoms with E-state index < -0.39 is 7.60 Å². The van der Waals surface area contributed by atoms with Gasteiger partial charge in [-0.3, -0.25) is 4.57 Å². The molecule has 0 aliphatic heterocycles. The highest BCUT2D eigenvalue weighted by Crippen LogP contribution is 2.49. The minimum Gasteiger partial charge on any atom is -0.379 e. The maximum absolute atomic E-state index is 11.6. The Labute approximate surface area is 106 Å². The smallest absolute Gasteiger partial charge is 0.379 e. The molecule has 0 bridgehead atoms. The second kappa shape index (κ2) is 10.8. The van der Waals surface area contributed by atoms with Gasteiger partial charge in [-0.05, 0) is 15.5 Å². The molecule has 98 valence electrons. The van der Waals surface area contributed by atoms with Crippen molar-refractivity contribution >= 4 is 30.2 Å². The molecule has 5 nitrogen and oxygen atoms in total. The number of alkyl halides is 1. The lowest BCUT2D eigenvalue weighted by Gasteiger charge is -2.07. The van der Waals surface area contributed by atoms with Crippen LogP contribution in [0.3, 0.4) is 0 Å². The first-order valence-corrected chi connectivity index (χ1v) is 7.85. The fourth-order valence-electron chi connectivity index (χ4n) is 0.816. The maximum Gasteiger partial charge on any atom is 0.395 e. The summed E-state index contributed by atoms with van der Waals surface area (Å²) in [4.78, 5) is 0. The van der Waals surface area contributed by atoms with Crippen molar-refractivity contribution in [3.63, 3.8) is 0 Å². The first-order valence-electron chi connectivity index (χ1n) is 4.59. The molecule has 0 radical (unpaired) electrons. The van der Waals surface area contributed by atoms with E-state index in [-0.39, 0.29) is 19.2 Å². The molecule has 0 N–H and O–H groups in total. The van der Waals surface area contributed by atoms with Gasteiger partial charge in [-0.1, -0.05) is 22.6 Å². The molecular weight excluding hydrogens is 360 g/mol. The van der Waals surface area contributed by atoms with E-state index in [4.69, 9.17) is 9.47 Å². The van der Waals surface area contributed by atoms with Crippen molar-refractivity contribution in [2.24, 2.45) is 0 Å². The summed E-state index contributed by atoms with van der Waals surface area (Å²) in [7, 11) is -4.19. The highest BCUT2D eigenvalue weighted by atomic mass is 127. The quantitative estimate of drug-likeness (QED) is 0.241. The summed E-state index contributed by atoms with van der Waals surface area (Å²) < 4.78 is 50.9. The molecule has 0 fully saturated rings. The Morgan fingerprint density at radius 2 is 1.56 bits per heavy atom. The molecule has 0 aromatic carbocycles. The molecule has 9 heteroatoms. The van der Waals surface area contributed by atoms with Crippen molar-refractivity contribution in [2.45, 2.75) is 6.42 Å². The van der Waals surface area contributed by atoms with Crippen LogP contribution in [0.15, 0.2) is 0 Å². The van der Waals surface area contributed by atoms with Crippen molar-refractivity contribution < 1.29 is 32.5 Å². The van der Waals surface area contributed by atoms with Crippen LogP contribution in [0.2, 0.25) is 0 Å². The van der Waals surface area contributed by atoms with Crippen LogP contribution in [0.25, 0.3) is 0 Å². The molecule has 0 aromatic heterocycles. The van der Waals surface area contributed by atoms with E-state index in [9.17, 15) is 13.6 Å². The number of ether oxygens (including phenoxy) is 2. The van der Waals surface area contributed by atoms with Crippen LogP contribution in [0.1, 0.15) is 6.42 Å². The Bertz CT molecular complexity index is 201. The van der Waals surface area contributed by atoms with Gasteiger partial charge in [0.1, 0.15) is 0 Å². The molecule has 0 saturated carbocycles. The van der Waals surface area contributed by atoms with Gasteiger partial charge in [-0.15, -0.1) is 9.46 Å². The first-order chi connectivity index (χ1) is 7.68. The summed E-state index contributed by atoms with van der Waals surface area (Å²) in [5.74, 6) is 0. The number of halogens is 3. The van der Waals surface area contributed by atoms with Gasteiger partial charge in [0, 0.05) is 11.0 Å². The Kier molecular flexibility index (Phi) is 11.2. The summed E-state index contributed by atoms with van der Waals surface area (Å²) in [6.07, 6.45) is -0.188. The van der Waals surface area contributed by atoms with Crippen LogP contribution in [-0.4, -0.2) is 37.0 Å². The standard InChI is InChI=1S/C7H14F2IO5P/c8-14-16(11,15-9)7-1-3-12-5-6-13-4-2-10/h1-7H2. The highest BCUT2D eigenvalue weighted by molar-refractivity contribution is 14.1. The van der Waals surface area contributed by atoms with Crippen LogP contribution in [0.4, 0.5) is 9.05 Å².